The van der Waals surface area contributed by atoms with Gasteiger partial charge in [-0.05, 0) is 29.5 Å². The van der Waals surface area contributed by atoms with Gasteiger partial charge in [-0.1, -0.05) is 97.1 Å². The van der Waals surface area contributed by atoms with Crippen LogP contribution in [0.25, 0.3) is 21.9 Å². The quantitative estimate of drug-likeness (QED) is 0.126. The summed E-state index contributed by atoms with van der Waals surface area (Å²) in [5, 5.41) is 29.1. The summed E-state index contributed by atoms with van der Waals surface area (Å²) in [4.78, 5) is 26.7. The molecule has 0 bridgehead atoms. The number of imidazole rings is 1. The fourth-order valence-corrected chi connectivity index (χ4v) is 7.60. The zero-order valence-corrected chi connectivity index (χ0v) is 28.4. The van der Waals surface area contributed by atoms with E-state index in [1.807, 2.05) is 78.9 Å². The van der Waals surface area contributed by atoms with Crippen molar-refractivity contribution in [3.8, 4) is 0 Å². The van der Waals surface area contributed by atoms with Crippen LogP contribution in [0.1, 0.15) is 36.0 Å². The molecule has 0 radical (unpaired) electrons. The van der Waals surface area contributed by atoms with E-state index in [1.165, 1.54) is 10.9 Å². The molecule has 14 heteroatoms. The molecule has 6 aromatic rings. The van der Waals surface area contributed by atoms with Crippen LogP contribution in [-0.2, 0) is 26.1 Å². The minimum absolute atomic E-state index is 0.0826. The van der Waals surface area contributed by atoms with Crippen molar-refractivity contribution >= 4 is 43.7 Å². The van der Waals surface area contributed by atoms with Gasteiger partial charge in [0.15, 0.2) is 29.3 Å². The Morgan fingerprint density at radius 2 is 1.55 bits per heavy atom. The van der Waals surface area contributed by atoms with Gasteiger partial charge in [-0.25, -0.2) is 28.1 Å². The minimum atomic E-state index is -4.01. The van der Waals surface area contributed by atoms with Crippen molar-refractivity contribution in [2.45, 2.75) is 48.8 Å². The lowest BCUT2D eigenvalue weighted by molar-refractivity contribution is -0.137. The number of likely N-dealkylation sites (N-methyl/N-ethyl adjacent to an activating group) is 1. The maximum Gasteiger partial charge on any atom is 0.252 e. The molecule has 1 amide bonds. The number of hydrogen-bond acceptors (Lipinski definition) is 10. The van der Waals surface area contributed by atoms with Crippen LogP contribution < -0.4 is 15.4 Å². The molecule has 0 aliphatic carbocycles. The highest BCUT2D eigenvalue weighted by Crippen LogP contribution is 2.33. The van der Waals surface area contributed by atoms with Crippen molar-refractivity contribution < 1.29 is 28.2 Å². The molecule has 0 saturated carbocycles. The first-order valence-electron chi connectivity index (χ1n) is 16.6. The second kappa shape index (κ2) is 14.5. The molecule has 1 aliphatic rings. The second-order valence-electron chi connectivity index (χ2n) is 12.2. The number of anilines is 1. The standard InChI is InChI=1S/C37H37N7O6S/c1-2-38-36(47)33-31(45)32(46)37(50-33)44-22-40-30-34(39-20-27(24-12-5-3-6-13-24)25-14-7-4-8-15-25)42-29(43-35(30)44)21-41-51(48,49)28-19-11-17-23-16-9-10-18-26(23)28/h3-19,22,27,31-33,37,41,45-46H,2,20-21H2,1H3,(H,38,47)(H,39,42,43). The van der Waals surface area contributed by atoms with Crippen molar-refractivity contribution in [2.24, 2.45) is 0 Å². The Labute approximate surface area is 294 Å². The zero-order chi connectivity index (χ0) is 35.5. The van der Waals surface area contributed by atoms with Crippen molar-refractivity contribution in [1.82, 2.24) is 29.6 Å². The Hall–Kier alpha value is -5.25. The van der Waals surface area contributed by atoms with Gasteiger partial charge >= 0.3 is 0 Å². The second-order valence-corrected chi connectivity index (χ2v) is 13.9. The topological polar surface area (TPSA) is 181 Å². The van der Waals surface area contributed by atoms with E-state index >= 15 is 0 Å². The van der Waals surface area contributed by atoms with E-state index in [-0.39, 0.29) is 28.8 Å². The summed E-state index contributed by atoms with van der Waals surface area (Å²) in [6, 6.07) is 32.3. The molecule has 13 nitrogen and oxygen atoms in total. The Balaban J connectivity index is 1.25. The predicted molar refractivity (Wildman–Crippen MR) is 191 cm³/mol. The highest BCUT2D eigenvalue weighted by molar-refractivity contribution is 7.89. The molecule has 4 aromatic carbocycles. The third-order valence-corrected chi connectivity index (χ3v) is 10.4. The molecular formula is C37H37N7O6S. The number of aromatic nitrogens is 4. The lowest BCUT2D eigenvalue weighted by atomic mass is 9.91. The van der Waals surface area contributed by atoms with Gasteiger partial charge in [0.25, 0.3) is 5.91 Å². The van der Waals surface area contributed by atoms with Crippen LogP contribution in [0.15, 0.2) is 114 Å². The third-order valence-electron chi connectivity index (χ3n) is 8.93. The summed E-state index contributed by atoms with van der Waals surface area (Å²) in [6.45, 7) is 2.17. The molecule has 51 heavy (non-hydrogen) atoms. The van der Waals surface area contributed by atoms with Gasteiger partial charge in [-0.15, -0.1) is 0 Å². The number of amides is 1. The number of carbonyl (C=O) groups excluding carboxylic acids is 1. The Morgan fingerprint density at radius 3 is 2.25 bits per heavy atom. The van der Waals surface area contributed by atoms with E-state index in [4.69, 9.17) is 9.72 Å². The van der Waals surface area contributed by atoms with Gasteiger partial charge in [0.1, 0.15) is 18.0 Å². The van der Waals surface area contributed by atoms with Crippen LogP contribution >= 0.6 is 0 Å². The monoisotopic (exact) mass is 707 g/mol. The first-order valence-corrected chi connectivity index (χ1v) is 18.1. The van der Waals surface area contributed by atoms with Crippen molar-refractivity contribution in [3.05, 3.63) is 126 Å². The fourth-order valence-electron chi connectivity index (χ4n) is 6.40. The van der Waals surface area contributed by atoms with E-state index in [9.17, 15) is 23.4 Å². The molecule has 4 unspecified atom stereocenters. The van der Waals surface area contributed by atoms with E-state index in [0.717, 1.165) is 16.5 Å². The number of nitrogens with zero attached hydrogens (tertiary/aromatic N) is 4. The first kappa shape index (κ1) is 34.2. The molecule has 1 aliphatic heterocycles. The summed E-state index contributed by atoms with van der Waals surface area (Å²) in [6.07, 6.45) is -4.16. The van der Waals surface area contributed by atoms with Crippen LogP contribution in [0.4, 0.5) is 5.82 Å². The number of rotatable bonds is 12. The van der Waals surface area contributed by atoms with E-state index in [0.29, 0.717) is 29.8 Å². The molecule has 1 saturated heterocycles. The average molecular weight is 708 g/mol. The lowest BCUT2D eigenvalue weighted by Crippen LogP contribution is -2.42. The van der Waals surface area contributed by atoms with Crippen LogP contribution in [-0.4, -0.2) is 75.5 Å². The lowest BCUT2D eigenvalue weighted by Gasteiger charge is -2.20. The van der Waals surface area contributed by atoms with E-state index in [1.54, 1.807) is 31.2 Å². The van der Waals surface area contributed by atoms with Crippen molar-refractivity contribution in [2.75, 3.05) is 18.4 Å². The number of aliphatic hydroxyl groups is 2. The number of ether oxygens (including phenoxy) is 1. The molecule has 4 atom stereocenters. The van der Waals surface area contributed by atoms with Gasteiger partial charge in [0.2, 0.25) is 10.0 Å². The predicted octanol–water partition coefficient (Wildman–Crippen LogP) is 3.46. The molecular weight excluding hydrogens is 671 g/mol. The van der Waals surface area contributed by atoms with Gasteiger partial charge in [-0.3, -0.25) is 9.36 Å². The highest BCUT2D eigenvalue weighted by atomic mass is 32.2. The molecule has 1 fully saturated rings. The molecule has 7 rings (SSSR count). The van der Waals surface area contributed by atoms with E-state index in [2.05, 4.69) is 25.3 Å². The number of benzene rings is 4. The molecule has 2 aromatic heterocycles. The average Bonchev–Trinajstić information content (AvgIpc) is 3.71. The smallest absolute Gasteiger partial charge is 0.252 e. The third kappa shape index (κ3) is 6.92. The Morgan fingerprint density at radius 1 is 0.882 bits per heavy atom. The molecule has 3 heterocycles. The molecule has 262 valence electrons. The van der Waals surface area contributed by atoms with Gasteiger partial charge in [0.05, 0.1) is 17.8 Å². The van der Waals surface area contributed by atoms with Crippen molar-refractivity contribution in [1.29, 1.82) is 0 Å². The van der Waals surface area contributed by atoms with Gasteiger partial charge < -0.3 is 25.6 Å². The number of hydrogen-bond donors (Lipinski definition) is 5. The zero-order valence-electron chi connectivity index (χ0n) is 27.6. The van der Waals surface area contributed by atoms with Crippen LogP contribution in [0.5, 0.6) is 0 Å². The van der Waals surface area contributed by atoms with Crippen molar-refractivity contribution in [3.63, 3.8) is 0 Å². The Bertz CT molecular complexity index is 2230. The first-order chi connectivity index (χ1) is 24.7. The summed E-state index contributed by atoms with van der Waals surface area (Å²) in [7, 11) is -4.01. The van der Waals surface area contributed by atoms with E-state index < -0.39 is 40.5 Å². The SMILES string of the molecule is CCNC(=O)C1OC(n2cnc3c(NCC(c4ccccc4)c4ccccc4)nc(CNS(=O)(=O)c4cccc5ccccc45)nc32)C(O)C1O. The summed E-state index contributed by atoms with van der Waals surface area (Å²) in [5.74, 6) is -0.215. The van der Waals surface area contributed by atoms with Gasteiger partial charge in [0, 0.05) is 24.4 Å². The van der Waals surface area contributed by atoms with Crippen LogP contribution in [0, 0.1) is 0 Å². The number of carbonyl (C=O) groups is 1. The molecule has 5 N–H and O–H groups in total. The fraction of sp³-hybridized carbons (Fsp3) is 0.243. The summed E-state index contributed by atoms with van der Waals surface area (Å²) >= 11 is 0. The normalized spacial score (nSPS) is 19.1. The number of nitrogens with one attached hydrogen (secondary N) is 3. The largest absolute Gasteiger partial charge is 0.387 e. The number of fused-ring (bicyclic) bond motifs is 2. The number of sulfonamides is 1. The Kier molecular flexibility index (Phi) is 9.75. The van der Waals surface area contributed by atoms with Crippen LogP contribution in [0.3, 0.4) is 0 Å². The number of aliphatic hydroxyl groups excluding tert-OH is 2. The highest BCUT2D eigenvalue weighted by Gasteiger charge is 2.47. The molecule has 0 spiro atoms. The summed E-state index contributed by atoms with van der Waals surface area (Å²) < 4.78 is 37.2. The maximum atomic E-state index is 13.6. The maximum absolute atomic E-state index is 13.6. The van der Waals surface area contributed by atoms with Crippen LogP contribution in [0.2, 0.25) is 0 Å². The van der Waals surface area contributed by atoms with Gasteiger partial charge in [-0.2, -0.15) is 0 Å². The summed E-state index contributed by atoms with van der Waals surface area (Å²) in [5.41, 5.74) is 2.67. The minimum Gasteiger partial charge on any atom is -0.387 e.